The Bertz CT molecular complexity index is 790. The summed E-state index contributed by atoms with van der Waals surface area (Å²) in [6, 6.07) is 8.90. The summed E-state index contributed by atoms with van der Waals surface area (Å²) in [4.78, 5) is 11.5. The first-order chi connectivity index (χ1) is 10.8. The summed E-state index contributed by atoms with van der Waals surface area (Å²) in [5, 5.41) is 2.33. The molecule has 1 N–H and O–H groups in total. The van der Waals surface area contributed by atoms with Crippen LogP contribution in [-0.2, 0) is 14.8 Å². The lowest BCUT2D eigenvalue weighted by molar-refractivity contribution is -0.119. The molecule has 0 aliphatic carbocycles. The van der Waals surface area contributed by atoms with Gasteiger partial charge in [-0.15, -0.1) is 0 Å². The van der Waals surface area contributed by atoms with E-state index in [4.69, 9.17) is 0 Å². The lowest BCUT2D eigenvalue weighted by atomic mass is 10.3. The van der Waals surface area contributed by atoms with Crippen LogP contribution in [0.15, 0.2) is 53.4 Å². The average molecular weight is 340 g/mol. The minimum absolute atomic E-state index is 0.124. The summed E-state index contributed by atoms with van der Waals surface area (Å²) in [7, 11) is -2.73. The summed E-state index contributed by atoms with van der Waals surface area (Å²) >= 11 is 0. The second-order valence-corrected chi connectivity index (χ2v) is 6.48. The van der Waals surface area contributed by atoms with Gasteiger partial charge in [-0.3, -0.25) is 9.10 Å². The van der Waals surface area contributed by atoms with Crippen LogP contribution in [0.1, 0.15) is 0 Å². The number of nitrogens with one attached hydrogen (secondary N) is 1. The van der Waals surface area contributed by atoms with Gasteiger partial charge in [0.05, 0.1) is 10.6 Å². The molecule has 0 fully saturated rings. The Balaban J connectivity index is 2.49. The molecule has 0 atom stereocenters. The van der Waals surface area contributed by atoms with Gasteiger partial charge in [-0.25, -0.2) is 17.2 Å². The number of hydrogen-bond donors (Lipinski definition) is 1. The quantitative estimate of drug-likeness (QED) is 0.904. The Morgan fingerprint density at radius 3 is 1.96 bits per heavy atom. The van der Waals surface area contributed by atoms with Crippen molar-refractivity contribution in [2.24, 2.45) is 0 Å². The lowest BCUT2D eigenvalue weighted by Gasteiger charge is -2.23. The second-order valence-electron chi connectivity index (χ2n) is 4.62. The highest BCUT2D eigenvalue weighted by Crippen LogP contribution is 2.24. The molecule has 1 amide bonds. The zero-order valence-electron chi connectivity index (χ0n) is 12.2. The Hall–Kier alpha value is -2.48. The maximum absolute atomic E-state index is 13.1. The molecule has 8 heteroatoms. The standard InChI is InChI=1S/C15H14F2N2O3S/c1-18-15(20)10-19(13-6-2-11(16)3-7-13)23(21,22)14-8-4-12(17)5-9-14/h2-9H,10H2,1H3,(H,18,20). The number of nitrogens with zero attached hydrogens (tertiary/aromatic N) is 1. The lowest BCUT2D eigenvalue weighted by Crippen LogP contribution is -2.39. The van der Waals surface area contributed by atoms with Crippen molar-refractivity contribution in [3.8, 4) is 0 Å². The highest BCUT2D eigenvalue weighted by atomic mass is 32.2. The number of hydrogen-bond acceptors (Lipinski definition) is 3. The third-order valence-corrected chi connectivity index (χ3v) is 4.87. The molecule has 122 valence electrons. The van der Waals surface area contributed by atoms with Crippen molar-refractivity contribution in [2.75, 3.05) is 17.9 Å². The summed E-state index contributed by atoms with van der Waals surface area (Å²) < 4.78 is 52.3. The van der Waals surface area contributed by atoms with Crippen LogP contribution in [0, 0.1) is 11.6 Å². The summed E-state index contributed by atoms with van der Waals surface area (Å²) in [6.45, 7) is -0.484. The van der Waals surface area contributed by atoms with E-state index in [1.807, 2.05) is 0 Å². The first-order valence-corrected chi connectivity index (χ1v) is 8.03. The smallest absolute Gasteiger partial charge is 0.264 e. The van der Waals surface area contributed by atoms with E-state index in [1.165, 1.54) is 19.2 Å². The number of benzene rings is 2. The number of carbonyl (C=O) groups excluding carboxylic acids is 1. The SMILES string of the molecule is CNC(=O)CN(c1ccc(F)cc1)S(=O)(=O)c1ccc(F)cc1. The molecular formula is C15H14F2N2O3S. The van der Waals surface area contributed by atoms with Crippen molar-refractivity contribution in [3.05, 3.63) is 60.2 Å². The van der Waals surface area contributed by atoms with Gasteiger partial charge >= 0.3 is 0 Å². The Morgan fingerprint density at radius 2 is 1.48 bits per heavy atom. The van der Waals surface area contributed by atoms with E-state index in [0.717, 1.165) is 40.7 Å². The van der Waals surface area contributed by atoms with Crippen molar-refractivity contribution >= 4 is 21.6 Å². The van der Waals surface area contributed by atoms with Gasteiger partial charge < -0.3 is 5.32 Å². The molecule has 0 radical (unpaired) electrons. The van der Waals surface area contributed by atoms with E-state index in [2.05, 4.69) is 5.32 Å². The number of sulfonamides is 1. The molecule has 0 aliphatic heterocycles. The summed E-state index contributed by atoms with van der Waals surface area (Å²) in [5.74, 6) is -1.66. The van der Waals surface area contributed by atoms with Gasteiger partial charge in [0.2, 0.25) is 5.91 Å². The van der Waals surface area contributed by atoms with E-state index in [0.29, 0.717) is 0 Å². The Labute approximate surface area is 132 Å². The zero-order valence-corrected chi connectivity index (χ0v) is 13.0. The molecule has 0 spiro atoms. The number of anilines is 1. The number of halogens is 2. The number of amides is 1. The van der Waals surface area contributed by atoms with Gasteiger partial charge in [0.25, 0.3) is 10.0 Å². The molecule has 5 nitrogen and oxygen atoms in total. The van der Waals surface area contributed by atoms with E-state index in [9.17, 15) is 22.0 Å². The van der Waals surface area contributed by atoms with E-state index in [1.54, 1.807) is 0 Å². The van der Waals surface area contributed by atoms with Gasteiger partial charge in [0, 0.05) is 7.05 Å². The fourth-order valence-corrected chi connectivity index (χ4v) is 3.29. The monoisotopic (exact) mass is 340 g/mol. The fraction of sp³-hybridized carbons (Fsp3) is 0.133. The van der Waals surface area contributed by atoms with Crippen LogP contribution < -0.4 is 9.62 Å². The van der Waals surface area contributed by atoms with Crippen LogP contribution in [0.25, 0.3) is 0 Å². The van der Waals surface area contributed by atoms with Crippen molar-refractivity contribution in [1.29, 1.82) is 0 Å². The van der Waals surface area contributed by atoms with Crippen LogP contribution in [0.3, 0.4) is 0 Å². The highest BCUT2D eigenvalue weighted by Gasteiger charge is 2.27. The maximum Gasteiger partial charge on any atom is 0.264 e. The van der Waals surface area contributed by atoms with Gasteiger partial charge in [-0.1, -0.05) is 0 Å². The minimum atomic E-state index is -4.11. The van der Waals surface area contributed by atoms with Gasteiger partial charge in [-0.05, 0) is 48.5 Å². The molecule has 0 bridgehead atoms. The number of carbonyl (C=O) groups is 1. The topological polar surface area (TPSA) is 66.5 Å². The normalized spacial score (nSPS) is 11.1. The van der Waals surface area contributed by atoms with Crippen LogP contribution in [0.5, 0.6) is 0 Å². The Morgan fingerprint density at radius 1 is 1.00 bits per heavy atom. The maximum atomic E-state index is 13.1. The number of rotatable bonds is 5. The van der Waals surface area contributed by atoms with Gasteiger partial charge in [0.1, 0.15) is 18.2 Å². The molecule has 2 rings (SSSR count). The predicted octanol–water partition coefficient (Wildman–Crippen LogP) is 1.91. The third kappa shape index (κ3) is 3.84. The predicted molar refractivity (Wildman–Crippen MR) is 81.4 cm³/mol. The fourth-order valence-electron chi connectivity index (χ4n) is 1.87. The Kier molecular flexibility index (Phi) is 4.95. The van der Waals surface area contributed by atoms with E-state index < -0.39 is 34.1 Å². The molecule has 0 unspecified atom stereocenters. The zero-order chi connectivity index (χ0) is 17.0. The molecule has 2 aromatic rings. The van der Waals surface area contributed by atoms with Crippen LogP contribution in [0.2, 0.25) is 0 Å². The van der Waals surface area contributed by atoms with Crippen molar-refractivity contribution in [1.82, 2.24) is 5.32 Å². The summed E-state index contributed by atoms with van der Waals surface area (Å²) in [6.07, 6.45) is 0. The van der Waals surface area contributed by atoms with E-state index in [-0.39, 0.29) is 10.6 Å². The molecule has 0 saturated carbocycles. The molecular weight excluding hydrogens is 326 g/mol. The van der Waals surface area contributed by atoms with Crippen molar-refractivity contribution < 1.29 is 22.0 Å². The molecule has 0 aliphatic rings. The van der Waals surface area contributed by atoms with Gasteiger partial charge in [-0.2, -0.15) is 0 Å². The number of likely N-dealkylation sites (N-methyl/N-ethyl adjacent to an activating group) is 1. The third-order valence-electron chi connectivity index (χ3n) is 3.08. The van der Waals surface area contributed by atoms with Crippen LogP contribution >= 0.6 is 0 Å². The molecule has 0 heterocycles. The first kappa shape index (κ1) is 16.9. The molecule has 2 aromatic carbocycles. The largest absolute Gasteiger partial charge is 0.358 e. The second kappa shape index (κ2) is 6.74. The first-order valence-electron chi connectivity index (χ1n) is 6.59. The minimum Gasteiger partial charge on any atom is -0.358 e. The highest BCUT2D eigenvalue weighted by molar-refractivity contribution is 7.92. The summed E-state index contributed by atoms with van der Waals surface area (Å²) in [5.41, 5.74) is 0.124. The molecule has 0 aromatic heterocycles. The molecule has 23 heavy (non-hydrogen) atoms. The van der Waals surface area contributed by atoms with Crippen molar-refractivity contribution in [2.45, 2.75) is 4.90 Å². The van der Waals surface area contributed by atoms with Crippen LogP contribution in [-0.4, -0.2) is 27.9 Å². The van der Waals surface area contributed by atoms with E-state index >= 15 is 0 Å². The molecule has 0 saturated heterocycles. The van der Waals surface area contributed by atoms with Crippen LogP contribution in [0.4, 0.5) is 14.5 Å². The van der Waals surface area contributed by atoms with Gasteiger partial charge in [0.15, 0.2) is 0 Å². The van der Waals surface area contributed by atoms with Crippen molar-refractivity contribution in [3.63, 3.8) is 0 Å². The average Bonchev–Trinajstić information content (AvgIpc) is 2.53.